The second kappa shape index (κ2) is 26.0. The fourth-order valence-electron chi connectivity index (χ4n) is 3.78. The highest BCUT2D eigenvalue weighted by atomic mass is 16.7. The molecule has 0 aliphatic rings. The van der Waals surface area contributed by atoms with Crippen molar-refractivity contribution in [1.29, 1.82) is 0 Å². The van der Waals surface area contributed by atoms with Crippen LogP contribution in [0.2, 0.25) is 0 Å². The molecule has 5 N–H and O–H groups in total. The number of rotatable bonds is 16. The topological polar surface area (TPSA) is 177 Å². The van der Waals surface area contributed by atoms with E-state index in [1.54, 1.807) is 21.3 Å². The van der Waals surface area contributed by atoms with E-state index in [9.17, 15) is 19.2 Å². The smallest absolute Gasteiger partial charge is 0.408 e. The van der Waals surface area contributed by atoms with E-state index in [-0.39, 0.29) is 49.1 Å². The average Bonchev–Trinajstić information content (AvgIpc) is 3.08. The summed E-state index contributed by atoms with van der Waals surface area (Å²) in [6.07, 6.45) is -1.49. The molecule has 13 nitrogen and oxygen atoms in total. The minimum absolute atomic E-state index is 0.0479. The number of hydrogen-bond acceptors (Lipinski definition) is 10. The van der Waals surface area contributed by atoms with Gasteiger partial charge in [0, 0.05) is 34.4 Å². The Kier molecular flexibility index (Phi) is 23.8. The number of nitrogens with two attached hydrogens (primary N) is 1. The molecule has 0 saturated carbocycles. The highest BCUT2D eigenvalue weighted by Crippen LogP contribution is 2.06. The number of ether oxygens (including phenoxy) is 5. The van der Waals surface area contributed by atoms with Crippen molar-refractivity contribution in [1.82, 2.24) is 16.0 Å². The second-order valence-corrected chi connectivity index (χ2v) is 11.4. The van der Waals surface area contributed by atoms with E-state index in [1.807, 2.05) is 95.3 Å². The number of amides is 3. The summed E-state index contributed by atoms with van der Waals surface area (Å²) >= 11 is 0. The van der Waals surface area contributed by atoms with Crippen LogP contribution in [0.25, 0.3) is 0 Å². The molecular formula is C35H56N4O9. The van der Waals surface area contributed by atoms with Crippen molar-refractivity contribution in [2.75, 3.05) is 34.4 Å². The van der Waals surface area contributed by atoms with Gasteiger partial charge in [0.05, 0.1) is 12.1 Å². The minimum atomic E-state index is -0.651. The maximum absolute atomic E-state index is 12.2. The zero-order valence-corrected chi connectivity index (χ0v) is 29.8. The first-order valence-electron chi connectivity index (χ1n) is 15.8. The molecule has 0 radical (unpaired) electrons. The van der Waals surface area contributed by atoms with Crippen molar-refractivity contribution in [3.63, 3.8) is 0 Å². The molecule has 2 aromatic carbocycles. The zero-order valence-electron chi connectivity index (χ0n) is 29.8. The van der Waals surface area contributed by atoms with Crippen LogP contribution in [0.5, 0.6) is 0 Å². The van der Waals surface area contributed by atoms with Crippen LogP contribution in [0.4, 0.5) is 9.59 Å². The summed E-state index contributed by atoms with van der Waals surface area (Å²) in [7, 11) is 4.69. The summed E-state index contributed by atoms with van der Waals surface area (Å²) in [6.45, 7) is 12.0. The van der Waals surface area contributed by atoms with Crippen LogP contribution in [-0.4, -0.2) is 82.8 Å². The van der Waals surface area contributed by atoms with Gasteiger partial charge in [-0.05, 0) is 36.8 Å². The Morgan fingerprint density at radius 1 is 0.667 bits per heavy atom. The maximum atomic E-state index is 12.2. The molecule has 0 saturated heterocycles. The van der Waals surface area contributed by atoms with Crippen molar-refractivity contribution in [3.05, 3.63) is 71.8 Å². The number of alkyl carbamates (subject to hydrolysis) is 2. The number of carbonyl (C=O) groups excluding carboxylic acids is 4. The molecule has 3 atom stereocenters. The van der Waals surface area contributed by atoms with Crippen molar-refractivity contribution < 1.29 is 42.9 Å². The van der Waals surface area contributed by atoms with Gasteiger partial charge in [0.25, 0.3) is 0 Å². The van der Waals surface area contributed by atoms with Crippen LogP contribution in [0.3, 0.4) is 0 Å². The van der Waals surface area contributed by atoms with Gasteiger partial charge in [-0.2, -0.15) is 0 Å². The summed E-state index contributed by atoms with van der Waals surface area (Å²) in [4.78, 5) is 46.9. The Balaban J connectivity index is 0.000000783. The molecule has 1 unspecified atom stereocenters. The summed E-state index contributed by atoms with van der Waals surface area (Å²) in [5, 5.41) is 7.95. The lowest BCUT2D eigenvalue weighted by Crippen LogP contribution is -2.51. The lowest BCUT2D eigenvalue weighted by atomic mass is 10.0. The molecule has 0 bridgehead atoms. The number of ketones is 1. The predicted molar refractivity (Wildman–Crippen MR) is 184 cm³/mol. The number of methoxy groups -OCH3 is 3. The number of carbonyl (C=O) groups is 4. The number of benzene rings is 2. The van der Waals surface area contributed by atoms with Gasteiger partial charge in [-0.3, -0.25) is 9.59 Å². The maximum Gasteiger partial charge on any atom is 0.408 e. The number of nitrogens with one attached hydrogen (secondary N) is 3. The number of hydrogen-bond donors (Lipinski definition) is 4. The van der Waals surface area contributed by atoms with Crippen LogP contribution < -0.4 is 21.7 Å². The van der Waals surface area contributed by atoms with Gasteiger partial charge < -0.3 is 45.4 Å². The third kappa shape index (κ3) is 20.3. The molecule has 48 heavy (non-hydrogen) atoms. The van der Waals surface area contributed by atoms with Gasteiger partial charge in [0.2, 0.25) is 5.91 Å². The third-order valence-corrected chi connectivity index (χ3v) is 6.71. The first-order valence-corrected chi connectivity index (χ1v) is 15.8. The Hall–Kier alpha value is -4.04. The largest absolute Gasteiger partial charge is 0.445 e. The molecular weight excluding hydrogens is 620 g/mol. The molecule has 2 rings (SSSR count). The zero-order chi connectivity index (χ0) is 36.5. The molecule has 2 aromatic rings. The third-order valence-electron chi connectivity index (χ3n) is 6.71. The van der Waals surface area contributed by atoms with Crippen LogP contribution in [0, 0.1) is 11.8 Å². The summed E-state index contributed by atoms with van der Waals surface area (Å²) in [5.41, 5.74) is 6.95. The fourth-order valence-corrected chi connectivity index (χ4v) is 3.78. The van der Waals surface area contributed by atoms with E-state index in [2.05, 4.69) is 16.0 Å². The highest BCUT2D eigenvalue weighted by molar-refractivity contribution is 5.86. The molecule has 270 valence electrons. The van der Waals surface area contributed by atoms with Crippen molar-refractivity contribution in [2.24, 2.45) is 17.6 Å². The van der Waals surface area contributed by atoms with Gasteiger partial charge in [-0.25, -0.2) is 9.59 Å². The normalized spacial score (nSPS) is 12.4. The molecule has 0 aliphatic carbocycles. The minimum Gasteiger partial charge on any atom is -0.445 e. The second-order valence-electron chi connectivity index (χ2n) is 11.4. The van der Waals surface area contributed by atoms with Crippen LogP contribution in [-0.2, 0) is 46.5 Å². The summed E-state index contributed by atoms with van der Waals surface area (Å²) < 4.78 is 24.7. The van der Waals surface area contributed by atoms with E-state index < -0.39 is 24.3 Å². The first-order chi connectivity index (χ1) is 22.8. The van der Waals surface area contributed by atoms with E-state index in [1.165, 1.54) is 6.92 Å². The van der Waals surface area contributed by atoms with Crippen molar-refractivity contribution in [3.8, 4) is 0 Å². The average molecular weight is 677 g/mol. The van der Waals surface area contributed by atoms with Gasteiger partial charge in [0.15, 0.2) is 12.1 Å². The van der Waals surface area contributed by atoms with E-state index in [0.717, 1.165) is 11.1 Å². The van der Waals surface area contributed by atoms with E-state index in [0.29, 0.717) is 13.1 Å². The Morgan fingerprint density at radius 2 is 1.08 bits per heavy atom. The molecule has 0 fully saturated rings. The Bertz CT molecular complexity index is 1160. The lowest BCUT2D eigenvalue weighted by Gasteiger charge is -2.22. The van der Waals surface area contributed by atoms with Gasteiger partial charge in [-0.1, -0.05) is 88.4 Å². The SMILES string of the molecule is CC(=O)[C@H](NC(=O)OCc1ccccc1)C(C)C.COC(C)CNC(=O)[C@H](NC(=O)OCc1ccccc1)C(C)C.COC(CN)OC. The van der Waals surface area contributed by atoms with Gasteiger partial charge in [-0.15, -0.1) is 0 Å². The number of Topliss-reactive ketones (excluding diaryl/α,β-unsaturated/α-hetero) is 1. The standard InChI is InChI=1S/C17H26N2O4.C14H19NO3.C4H11NO2/c1-12(2)15(16(20)18-10-13(3)22-4)19-17(21)23-11-14-8-6-5-7-9-14;1-10(2)13(11(3)16)15-14(17)18-9-12-7-5-4-6-8-12;1-6-4(3-5)7-2/h5-9,12-13,15H,10-11H2,1-4H3,(H,18,20)(H,19,21);4-8,10,13H,9H2,1-3H3,(H,15,17);4H,3,5H2,1-2H3/t13?,15-;13-;/m11./s1. The monoisotopic (exact) mass is 676 g/mol. The summed E-state index contributed by atoms with van der Waals surface area (Å²) in [5.74, 6) is -0.328. The van der Waals surface area contributed by atoms with Gasteiger partial charge >= 0.3 is 12.2 Å². The van der Waals surface area contributed by atoms with E-state index >= 15 is 0 Å². The predicted octanol–water partition coefficient (Wildman–Crippen LogP) is 4.18. The van der Waals surface area contributed by atoms with Crippen LogP contribution in [0.15, 0.2) is 60.7 Å². The molecule has 0 aliphatic heterocycles. The summed E-state index contributed by atoms with van der Waals surface area (Å²) in [6, 6.07) is 17.6. The Labute approximate surface area is 285 Å². The molecule has 0 aromatic heterocycles. The highest BCUT2D eigenvalue weighted by Gasteiger charge is 2.25. The van der Waals surface area contributed by atoms with Crippen molar-refractivity contribution >= 4 is 23.9 Å². The molecule has 13 heteroatoms. The Morgan fingerprint density at radius 3 is 1.40 bits per heavy atom. The van der Waals surface area contributed by atoms with Gasteiger partial charge in [0.1, 0.15) is 19.3 Å². The lowest BCUT2D eigenvalue weighted by molar-refractivity contribution is -0.124. The molecule has 3 amide bonds. The first kappa shape index (κ1) is 44.0. The quantitative estimate of drug-likeness (QED) is 0.189. The van der Waals surface area contributed by atoms with Crippen LogP contribution in [0.1, 0.15) is 52.7 Å². The molecule has 0 heterocycles. The van der Waals surface area contributed by atoms with Crippen LogP contribution >= 0.6 is 0 Å². The fraction of sp³-hybridized carbons (Fsp3) is 0.543. The van der Waals surface area contributed by atoms with E-state index in [4.69, 9.17) is 29.4 Å². The molecule has 0 spiro atoms. The van der Waals surface area contributed by atoms with Crippen molar-refractivity contribution in [2.45, 2.75) is 79.2 Å².